The molecule has 0 fully saturated rings. The van der Waals surface area contributed by atoms with Crippen LogP contribution in [0.2, 0.25) is 0 Å². The van der Waals surface area contributed by atoms with E-state index in [0.717, 1.165) is 11.3 Å². The summed E-state index contributed by atoms with van der Waals surface area (Å²) >= 11 is 0. The van der Waals surface area contributed by atoms with Crippen molar-refractivity contribution >= 4 is 5.95 Å². The highest BCUT2D eigenvalue weighted by molar-refractivity contribution is 5.37. The van der Waals surface area contributed by atoms with Gasteiger partial charge in [0.05, 0.1) is 32.5 Å². The summed E-state index contributed by atoms with van der Waals surface area (Å²) in [6, 6.07) is 5.59. The highest BCUT2D eigenvalue weighted by Gasteiger charge is 2.11. The summed E-state index contributed by atoms with van der Waals surface area (Å²) in [4.78, 5) is 14.9. The Balaban J connectivity index is 2.24. The maximum atomic E-state index is 5.15. The summed E-state index contributed by atoms with van der Waals surface area (Å²) in [5.41, 5.74) is 2.12. The number of hydrogen-bond acceptors (Lipinski definition) is 6. The van der Waals surface area contributed by atoms with Gasteiger partial charge >= 0.3 is 0 Å². The third-order valence-corrected chi connectivity index (χ3v) is 2.93. The summed E-state index contributed by atoms with van der Waals surface area (Å²) in [6.07, 6.45) is 1.78. The van der Waals surface area contributed by atoms with E-state index in [4.69, 9.17) is 9.47 Å². The van der Waals surface area contributed by atoms with Gasteiger partial charge in [0.25, 0.3) is 0 Å². The number of nitrogens with zero attached hydrogens (tertiary/aromatic N) is 4. The van der Waals surface area contributed by atoms with Crippen LogP contribution in [0.1, 0.15) is 11.3 Å². The average Bonchev–Trinajstić information content (AvgIpc) is 2.48. The van der Waals surface area contributed by atoms with Crippen molar-refractivity contribution in [1.29, 1.82) is 0 Å². The van der Waals surface area contributed by atoms with Crippen LogP contribution in [0.3, 0.4) is 0 Å². The fraction of sp³-hybridized carbons (Fsp3) is 0.357. The topological polar surface area (TPSA) is 60.4 Å². The zero-order valence-electron chi connectivity index (χ0n) is 12.1. The van der Waals surface area contributed by atoms with Crippen molar-refractivity contribution in [3.8, 4) is 11.8 Å². The molecule has 0 saturated heterocycles. The molecule has 2 aromatic rings. The van der Waals surface area contributed by atoms with Crippen molar-refractivity contribution in [3.05, 3.63) is 35.7 Å². The normalized spacial score (nSPS) is 10.2. The Morgan fingerprint density at radius 3 is 2.35 bits per heavy atom. The van der Waals surface area contributed by atoms with Crippen molar-refractivity contribution < 1.29 is 9.47 Å². The first-order valence-corrected chi connectivity index (χ1v) is 6.22. The summed E-state index contributed by atoms with van der Waals surface area (Å²) in [6.45, 7) is 2.65. The van der Waals surface area contributed by atoms with E-state index in [9.17, 15) is 0 Å². The van der Waals surface area contributed by atoms with Crippen molar-refractivity contribution in [2.75, 3.05) is 26.2 Å². The van der Waals surface area contributed by atoms with Crippen LogP contribution in [0, 0.1) is 6.92 Å². The predicted octanol–water partition coefficient (Wildman–Crippen LogP) is 1.83. The lowest BCUT2D eigenvalue weighted by atomic mass is 10.2. The molecule has 0 bridgehead atoms. The van der Waals surface area contributed by atoms with Gasteiger partial charge in [0, 0.05) is 13.2 Å². The van der Waals surface area contributed by atoms with Gasteiger partial charge in [-0.15, -0.1) is 0 Å². The molecule has 0 unspecified atom stereocenters. The number of hydrogen-bond donors (Lipinski definition) is 0. The van der Waals surface area contributed by atoms with Gasteiger partial charge in [-0.05, 0) is 18.6 Å². The molecule has 0 amide bonds. The van der Waals surface area contributed by atoms with Crippen molar-refractivity contribution in [3.63, 3.8) is 0 Å². The first-order valence-electron chi connectivity index (χ1n) is 6.22. The molecule has 0 radical (unpaired) electrons. The average molecular weight is 274 g/mol. The standard InChI is InChI=1S/C14H18N4O2/c1-10-6-5-7-15-11(10)9-18(2)14-16-12(19-3)8-13(17-14)20-4/h5-8H,9H2,1-4H3. The van der Waals surface area contributed by atoms with Crippen LogP contribution >= 0.6 is 0 Å². The van der Waals surface area contributed by atoms with Gasteiger partial charge in [0.1, 0.15) is 0 Å². The van der Waals surface area contributed by atoms with Gasteiger partial charge in [0.15, 0.2) is 0 Å². The Kier molecular flexibility index (Phi) is 4.34. The summed E-state index contributed by atoms with van der Waals surface area (Å²) in [5, 5.41) is 0. The fourth-order valence-corrected chi connectivity index (χ4v) is 1.75. The minimum Gasteiger partial charge on any atom is -0.481 e. The van der Waals surface area contributed by atoms with Crippen LogP contribution in [-0.4, -0.2) is 36.2 Å². The van der Waals surface area contributed by atoms with Crippen LogP contribution in [0.25, 0.3) is 0 Å². The van der Waals surface area contributed by atoms with E-state index < -0.39 is 0 Å². The molecular weight excluding hydrogens is 256 g/mol. The monoisotopic (exact) mass is 274 g/mol. The van der Waals surface area contributed by atoms with Crippen LogP contribution in [0.15, 0.2) is 24.4 Å². The Morgan fingerprint density at radius 2 is 1.80 bits per heavy atom. The number of methoxy groups -OCH3 is 2. The minimum atomic E-state index is 0.469. The first-order chi connectivity index (χ1) is 9.63. The van der Waals surface area contributed by atoms with E-state index in [0.29, 0.717) is 24.3 Å². The molecule has 0 N–H and O–H groups in total. The van der Waals surface area contributed by atoms with Gasteiger partial charge < -0.3 is 14.4 Å². The van der Waals surface area contributed by atoms with E-state index in [2.05, 4.69) is 15.0 Å². The fourth-order valence-electron chi connectivity index (χ4n) is 1.75. The third kappa shape index (κ3) is 3.14. The van der Waals surface area contributed by atoms with Crippen molar-refractivity contribution in [2.45, 2.75) is 13.5 Å². The second-order valence-corrected chi connectivity index (χ2v) is 4.38. The summed E-state index contributed by atoms with van der Waals surface area (Å²) in [7, 11) is 5.03. The number of aryl methyl sites for hydroxylation is 1. The maximum absolute atomic E-state index is 5.15. The van der Waals surface area contributed by atoms with Crippen LogP contribution < -0.4 is 14.4 Å². The van der Waals surface area contributed by atoms with Crippen LogP contribution in [0.4, 0.5) is 5.95 Å². The molecule has 20 heavy (non-hydrogen) atoms. The lowest BCUT2D eigenvalue weighted by molar-refractivity contribution is 0.371. The van der Waals surface area contributed by atoms with E-state index in [1.54, 1.807) is 26.5 Å². The number of rotatable bonds is 5. The second-order valence-electron chi connectivity index (χ2n) is 4.38. The van der Waals surface area contributed by atoms with Gasteiger partial charge in [-0.2, -0.15) is 9.97 Å². The smallest absolute Gasteiger partial charge is 0.232 e. The molecule has 0 aliphatic carbocycles. The van der Waals surface area contributed by atoms with Gasteiger partial charge in [-0.25, -0.2) is 0 Å². The zero-order chi connectivity index (χ0) is 14.5. The highest BCUT2D eigenvalue weighted by Crippen LogP contribution is 2.20. The highest BCUT2D eigenvalue weighted by atomic mass is 16.5. The largest absolute Gasteiger partial charge is 0.481 e. The lowest BCUT2D eigenvalue weighted by Gasteiger charge is -2.18. The predicted molar refractivity (Wildman–Crippen MR) is 76.2 cm³/mol. The van der Waals surface area contributed by atoms with Crippen molar-refractivity contribution in [1.82, 2.24) is 15.0 Å². The van der Waals surface area contributed by atoms with Crippen LogP contribution in [0.5, 0.6) is 11.8 Å². The number of aromatic nitrogens is 3. The van der Waals surface area contributed by atoms with Crippen molar-refractivity contribution in [2.24, 2.45) is 0 Å². The molecule has 2 rings (SSSR count). The van der Waals surface area contributed by atoms with Crippen LogP contribution in [-0.2, 0) is 6.54 Å². The number of anilines is 1. The third-order valence-electron chi connectivity index (χ3n) is 2.93. The maximum Gasteiger partial charge on any atom is 0.232 e. The SMILES string of the molecule is COc1cc(OC)nc(N(C)Cc2ncccc2C)n1. The molecule has 0 aromatic carbocycles. The molecule has 0 aliphatic rings. The Hall–Kier alpha value is -2.37. The van der Waals surface area contributed by atoms with Gasteiger partial charge in [0.2, 0.25) is 17.7 Å². The van der Waals surface area contributed by atoms with E-state index >= 15 is 0 Å². The summed E-state index contributed by atoms with van der Waals surface area (Å²) in [5.74, 6) is 1.47. The molecule has 0 aliphatic heterocycles. The quantitative estimate of drug-likeness (QED) is 0.829. The number of ether oxygens (including phenoxy) is 2. The molecule has 2 heterocycles. The Morgan fingerprint density at radius 1 is 1.15 bits per heavy atom. The second kappa shape index (κ2) is 6.18. The molecule has 2 aromatic heterocycles. The van der Waals surface area contributed by atoms with Gasteiger partial charge in [-0.1, -0.05) is 6.07 Å². The van der Waals surface area contributed by atoms with E-state index in [-0.39, 0.29) is 0 Å². The Bertz CT molecular complexity index is 567. The molecule has 6 heteroatoms. The molecule has 6 nitrogen and oxygen atoms in total. The van der Waals surface area contributed by atoms with Gasteiger partial charge in [-0.3, -0.25) is 4.98 Å². The molecule has 0 spiro atoms. The van der Waals surface area contributed by atoms with E-state index in [1.807, 2.05) is 31.0 Å². The first kappa shape index (κ1) is 14.0. The molecule has 0 saturated carbocycles. The summed E-state index contributed by atoms with van der Waals surface area (Å²) < 4.78 is 10.3. The Labute approximate surface area is 118 Å². The molecular formula is C14H18N4O2. The molecule has 106 valence electrons. The van der Waals surface area contributed by atoms with E-state index in [1.165, 1.54) is 0 Å². The zero-order valence-corrected chi connectivity index (χ0v) is 12.1. The minimum absolute atomic E-state index is 0.469. The number of pyridine rings is 1. The lowest BCUT2D eigenvalue weighted by Crippen LogP contribution is -2.20. The molecule has 0 atom stereocenters.